The third-order valence-corrected chi connectivity index (χ3v) is 5.43. The zero-order valence-corrected chi connectivity index (χ0v) is 14.2. The van der Waals surface area contributed by atoms with Crippen LogP contribution in [-0.4, -0.2) is 44.5 Å². The molecular formula is C15H21ClN2O3S. The molecule has 1 N–H and O–H groups in total. The molecule has 122 valence electrons. The quantitative estimate of drug-likeness (QED) is 0.883. The highest BCUT2D eigenvalue weighted by molar-refractivity contribution is 7.88. The second kappa shape index (κ2) is 7.44. The van der Waals surface area contributed by atoms with Crippen molar-refractivity contribution in [2.45, 2.75) is 19.3 Å². The largest absolute Gasteiger partial charge is 0.356 e. The van der Waals surface area contributed by atoms with Crippen molar-refractivity contribution in [3.8, 4) is 0 Å². The van der Waals surface area contributed by atoms with E-state index in [1.165, 1.54) is 10.6 Å². The molecule has 1 fully saturated rings. The van der Waals surface area contributed by atoms with Gasteiger partial charge in [0.05, 0.1) is 6.26 Å². The zero-order valence-electron chi connectivity index (χ0n) is 12.6. The van der Waals surface area contributed by atoms with Crippen LogP contribution in [0.5, 0.6) is 0 Å². The van der Waals surface area contributed by atoms with Gasteiger partial charge in [0.1, 0.15) is 0 Å². The summed E-state index contributed by atoms with van der Waals surface area (Å²) >= 11 is 5.92. The Hall–Kier alpha value is -1.11. The lowest BCUT2D eigenvalue weighted by Crippen LogP contribution is -2.42. The van der Waals surface area contributed by atoms with E-state index in [1.807, 2.05) is 24.3 Å². The maximum Gasteiger partial charge on any atom is 0.223 e. The molecule has 5 nitrogen and oxygen atoms in total. The van der Waals surface area contributed by atoms with Gasteiger partial charge in [0.15, 0.2) is 0 Å². The summed E-state index contributed by atoms with van der Waals surface area (Å²) in [6.07, 6.45) is 3.10. The highest BCUT2D eigenvalue weighted by atomic mass is 35.5. The van der Waals surface area contributed by atoms with Crippen LogP contribution in [0.3, 0.4) is 0 Å². The molecular weight excluding hydrogens is 324 g/mol. The van der Waals surface area contributed by atoms with Crippen molar-refractivity contribution in [2.24, 2.45) is 5.92 Å². The highest BCUT2D eigenvalue weighted by Gasteiger charge is 2.28. The molecule has 0 spiro atoms. The SMILES string of the molecule is CS(=O)(=O)N1CCC(C(=O)NCCc2cccc(Cl)c2)CC1. The lowest BCUT2D eigenvalue weighted by atomic mass is 9.97. The van der Waals surface area contributed by atoms with E-state index >= 15 is 0 Å². The summed E-state index contributed by atoms with van der Waals surface area (Å²) in [5.41, 5.74) is 1.08. The van der Waals surface area contributed by atoms with E-state index in [2.05, 4.69) is 5.32 Å². The van der Waals surface area contributed by atoms with Crippen LogP contribution in [0, 0.1) is 5.92 Å². The van der Waals surface area contributed by atoms with Crippen molar-refractivity contribution in [1.29, 1.82) is 0 Å². The summed E-state index contributed by atoms with van der Waals surface area (Å²) in [7, 11) is -3.14. The van der Waals surface area contributed by atoms with Crippen LogP contribution in [0.4, 0.5) is 0 Å². The van der Waals surface area contributed by atoms with Gasteiger partial charge in [-0.05, 0) is 37.0 Å². The molecule has 1 amide bonds. The maximum atomic E-state index is 12.1. The lowest BCUT2D eigenvalue weighted by molar-refractivity contribution is -0.126. The van der Waals surface area contributed by atoms with E-state index in [1.54, 1.807) is 0 Å². The molecule has 0 atom stereocenters. The summed E-state index contributed by atoms with van der Waals surface area (Å²) in [6.45, 7) is 1.40. The second-order valence-electron chi connectivity index (χ2n) is 5.61. The molecule has 1 aliphatic rings. The predicted octanol–water partition coefficient (Wildman–Crippen LogP) is 1.67. The first-order valence-electron chi connectivity index (χ1n) is 7.33. The van der Waals surface area contributed by atoms with Crippen molar-refractivity contribution in [3.63, 3.8) is 0 Å². The number of carbonyl (C=O) groups is 1. The Labute approximate surface area is 136 Å². The summed E-state index contributed by atoms with van der Waals surface area (Å²) in [5, 5.41) is 3.62. The summed E-state index contributed by atoms with van der Waals surface area (Å²) in [4.78, 5) is 12.1. The molecule has 0 saturated carbocycles. The Morgan fingerprint density at radius 3 is 2.64 bits per heavy atom. The molecule has 7 heteroatoms. The topological polar surface area (TPSA) is 66.5 Å². The van der Waals surface area contributed by atoms with Crippen LogP contribution in [0.2, 0.25) is 5.02 Å². The monoisotopic (exact) mass is 344 g/mol. The minimum atomic E-state index is -3.14. The number of halogens is 1. The minimum absolute atomic E-state index is 0.00943. The molecule has 0 aromatic heterocycles. The van der Waals surface area contributed by atoms with Gasteiger partial charge in [-0.2, -0.15) is 0 Å². The summed E-state index contributed by atoms with van der Waals surface area (Å²) in [6, 6.07) is 7.57. The lowest BCUT2D eigenvalue weighted by Gasteiger charge is -2.29. The number of carbonyl (C=O) groups excluding carboxylic acids is 1. The fourth-order valence-electron chi connectivity index (χ4n) is 2.62. The number of nitrogens with one attached hydrogen (secondary N) is 1. The number of nitrogens with zero attached hydrogens (tertiary/aromatic N) is 1. The van der Waals surface area contributed by atoms with Crippen LogP contribution >= 0.6 is 11.6 Å². The third-order valence-electron chi connectivity index (χ3n) is 3.90. The Balaban J connectivity index is 1.75. The van der Waals surface area contributed by atoms with Crippen molar-refractivity contribution in [2.75, 3.05) is 25.9 Å². The zero-order chi connectivity index (χ0) is 16.2. The second-order valence-corrected chi connectivity index (χ2v) is 8.03. The number of hydrogen-bond donors (Lipinski definition) is 1. The number of benzene rings is 1. The van der Waals surface area contributed by atoms with Gasteiger partial charge in [-0.1, -0.05) is 23.7 Å². The number of piperidine rings is 1. The van der Waals surface area contributed by atoms with Gasteiger partial charge < -0.3 is 5.32 Å². The molecule has 0 aliphatic carbocycles. The molecule has 1 aliphatic heterocycles. The van der Waals surface area contributed by atoms with E-state index in [9.17, 15) is 13.2 Å². The number of amides is 1. The molecule has 22 heavy (non-hydrogen) atoms. The van der Waals surface area contributed by atoms with Crippen LogP contribution < -0.4 is 5.32 Å². The van der Waals surface area contributed by atoms with Crippen molar-refractivity contribution in [3.05, 3.63) is 34.9 Å². The third kappa shape index (κ3) is 4.97. The number of sulfonamides is 1. The molecule has 2 rings (SSSR count). The Morgan fingerprint density at radius 1 is 1.36 bits per heavy atom. The van der Waals surface area contributed by atoms with E-state index in [-0.39, 0.29) is 11.8 Å². The average molecular weight is 345 g/mol. The van der Waals surface area contributed by atoms with Crippen LogP contribution in [0.25, 0.3) is 0 Å². The van der Waals surface area contributed by atoms with Crippen LogP contribution in [0.1, 0.15) is 18.4 Å². The molecule has 1 aromatic carbocycles. The molecule has 0 bridgehead atoms. The highest BCUT2D eigenvalue weighted by Crippen LogP contribution is 2.19. The first kappa shape index (κ1) is 17.2. The molecule has 0 unspecified atom stereocenters. The minimum Gasteiger partial charge on any atom is -0.356 e. The average Bonchev–Trinajstić information content (AvgIpc) is 2.46. The number of rotatable bonds is 5. The predicted molar refractivity (Wildman–Crippen MR) is 87.3 cm³/mol. The maximum absolute atomic E-state index is 12.1. The summed E-state index contributed by atoms with van der Waals surface area (Å²) in [5.74, 6) is -0.0902. The van der Waals surface area contributed by atoms with Gasteiger partial charge in [0, 0.05) is 30.6 Å². The van der Waals surface area contributed by atoms with E-state index in [0.29, 0.717) is 37.5 Å². The van der Waals surface area contributed by atoms with E-state index in [0.717, 1.165) is 12.0 Å². The van der Waals surface area contributed by atoms with Gasteiger partial charge in [0.2, 0.25) is 15.9 Å². The standard InChI is InChI=1S/C15H21ClN2O3S/c1-22(20,21)18-9-6-13(7-10-18)15(19)17-8-5-12-3-2-4-14(16)11-12/h2-4,11,13H,5-10H2,1H3,(H,17,19). The molecule has 0 radical (unpaired) electrons. The van der Waals surface area contributed by atoms with Gasteiger partial charge in [-0.25, -0.2) is 12.7 Å². The molecule has 1 saturated heterocycles. The molecule has 1 aromatic rings. The van der Waals surface area contributed by atoms with Crippen LogP contribution in [-0.2, 0) is 21.2 Å². The smallest absolute Gasteiger partial charge is 0.223 e. The van der Waals surface area contributed by atoms with Gasteiger partial charge in [-0.3, -0.25) is 4.79 Å². The normalized spacial score (nSPS) is 17.4. The number of hydrogen-bond acceptors (Lipinski definition) is 3. The van der Waals surface area contributed by atoms with E-state index in [4.69, 9.17) is 11.6 Å². The van der Waals surface area contributed by atoms with E-state index < -0.39 is 10.0 Å². The molecule has 1 heterocycles. The van der Waals surface area contributed by atoms with Crippen molar-refractivity contribution in [1.82, 2.24) is 9.62 Å². The fourth-order valence-corrected chi connectivity index (χ4v) is 3.70. The Bertz CT molecular complexity index is 625. The van der Waals surface area contributed by atoms with Crippen LogP contribution in [0.15, 0.2) is 24.3 Å². The summed E-state index contributed by atoms with van der Waals surface area (Å²) < 4.78 is 24.3. The first-order chi connectivity index (χ1) is 10.4. The Kier molecular flexibility index (Phi) is 5.83. The van der Waals surface area contributed by atoms with Gasteiger partial charge in [0.25, 0.3) is 0 Å². The van der Waals surface area contributed by atoms with Crippen molar-refractivity contribution >= 4 is 27.5 Å². The Morgan fingerprint density at radius 2 is 2.05 bits per heavy atom. The van der Waals surface area contributed by atoms with Gasteiger partial charge in [-0.15, -0.1) is 0 Å². The first-order valence-corrected chi connectivity index (χ1v) is 9.56. The van der Waals surface area contributed by atoms with Crippen molar-refractivity contribution < 1.29 is 13.2 Å². The van der Waals surface area contributed by atoms with Gasteiger partial charge >= 0.3 is 0 Å². The fraction of sp³-hybridized carbons (Fsp3) is 0.533.